The van der Waals surface area contributed by atoms with Crippen LogP contribution in [0.5, 0.6) is 5.75 Å². The van der Waals surface area contributed by atoms with Crippen LogP contribution in [0.3, 0.4) is 0 Å². The van der Waals surface area contributed by atoms with Crippen LogP contribution in [0.1, 0.15) is 43.8 Å². The van der Waals surface area contributed by atoms with E-state index in [2.05, 4.69) is 27.9 Å². The highest BCUT2D eigenvalue weighted by Gasteiger charge is 2.22. The van der Waals surface area contributed by atoms with Gasteiger partial charge in [-0.1, -0.05) is 30.3 Å². The number of nitrogens with one attached hydrogen (secondary N) is 2. The third kappa shape index (κ3) is 7.50. The minimum absolute atomic E-state index is 0.0871. The number of hydrogen-bond donors (Lipinski definition) is 4. The quantitative estimate of drug-likeness (QED) is 0.179. The molecule has 1 atom stereocenters. The van der Waals surface area contributed by atoms with Crippen LogP contribution in [0.15, 0.2) is 85.3 Å². The molecule has 6 nitrogen and oxygen atoms in total. The zero-order valence-electron chi connectivity index (χ0n) is 19.4. The average Bonchev–Trinajstić information content (AvgIpc) is 3.39. The van der Waals surface area contributed by atoms with E-state index in [1.54, 1.807) is 49.1 Å². The number of aryl methyl sites for hydroxylation is 2. The minimum atomic E-state index is -0.550. The van der Waals surface area contributed by atoms with Gasteiger partial charge in [0, 0.05) is 52.4 Å². The molecule has 0 bridgehead atoms. The number of hydrogen-bond acceptors (Lipinski definition) is 7. The topological polar surface area (TPSA) is 99.0 Å². The van der Waals surface area contributed by atoms with Crippen molar-refractivity contribution in [2.75, 3.05) is 6.26 Å². The predicted octanol–water partition coefficient (Wildman–Crippen LogP) is 5.50. The Kier molecular flexibility index (Phi) is 10.0. The van der Waals surface area contributed by atoms with Crippen LogP contribution in [0.2, 0.25) is 0 Å². The summed E-state index contributed by atoms with van der Waals surface area (Å²) >= 11 is 4.98. The summed E-state index contributed by atoms with van der Waals surface area (Å²) in [7, 11) is 0. The van der Waals surface area contributed by atoms with Gasteiger partial charge >= 0.3 is 0 Å². The molecule has 0 saturated heterocycles. The van der Waals surface area contributed by atoms with E-state index in [0.717, 1.165) is 23.4 Å². The molecule has 0 saturated carbocycles. The highest BCUT2D eigenvalue weighted by molar-refractivity contribution is 7.79. The first-order chi connectivity index (χ1) is 17.1. The monoisotopic (exact) mass is 504 g/mol. The second-order valence-electron chi connectivity index (χ2n) is 7.60. The molecule has 1 unspecified atom stereocenters. The number of thiophene rings is 1. The maximum atomic E-state index is 13.1. The lowest BCUT2D eigenvalue weighted by molar-refractivity contribution is 0.0941. The smallest absolute Gasteiger partial charge is 0.261 e. The Morgan fingerprint density at radius 1 is 1.03 bits per heavy atom. The van der Waals surface area contributed by atoms with E-state index in [0.29, 0.717) is 21.7 Å². The molecule has 1 aromatic carbocycles. The van der Waals surface area contributed by atoms with Gasteiger partial charge in [0.15, 0.2) is 0 Å². The molecule has 4 aromatic rings. The molecule has 4 rings (SSSR count). The number of aromatic nitrogens is 2. The summed E-state index contributed by atoms with van der Waals surface area (Å²) in [6, 6.07) is 19.6. The molecule has 0 radical (unpaired) electrons. The maximum absolute atomic E-state index is 13.1. The predicted molar refractivity (Wildman–Crippen MR) is 145 cm³/mol. The van der Waals surface area contributed by atoms with E-state index in [1.807, 2.05) is 42.5 Å². The summed E-state index contributed by atoms with van der Waals surface area (Å²) < 4.78 is 0. The van der Waals surface area contributed by atoms with Crippen molar-refractivity contribution in [3.05, 3.63) is 112 Å². The van der Waals surface area contributed by atoms with Crippen LogP contribution < -0.4 is 5.32 Å². The lowest BCUT2D eigenvalue weighted by Gasteiger charge is -2.20. The summed E-state index contributed by atoms with van der Waals surface area (Å²) in [5.41, 5.74) is 2.61. The number of pyridine rings is 2. The largest absolute Gasteiger partial charge is 0.508 e. The number of benzene rings is 1. The second-order valence-corrected chi connectivity index (χ2v) is 8.76. The second kappa shape index (κ2) is 13.4. The van der Waals surface area contributed by atoms with Gasteiger partial charge < -0.3 is 15.8 Å². The molecule has 35 heavy (non-hydrogen) atoms. The van der Waals surface area contributed by atoms with Crippen molar-refractivity contribution in [1.29, 1.82) is 5.41 Å². The van der Waals surface area contributed by atoms with Crippen LogP contribution in [0, 0.1) is 5.41 Å². The van der Waals surface area contributed by atoms with Crippen molar-refractivity contribution in [1.82, 2.24) is 15.3 Å². The molecular weight excluding hydrogens is 476 g/mol. The first-order valence-electron chi connectivity index (χ1n) is 11.1. The van der Waals surface area contributed by atoms with E-state index in [9.17, 15) is 9.90 Å². The van der Waals surface area contributed by atoms with Crippen LogP contribution >= 0.6 is 24.0 Å². The van der Waals surface area contributed by atoms with Gasteiger partial charge in [0.25, 0.3) is 5.91 Å². The number of aromatic hydroxyl groups is 1. The van der Waals surface area contributed by atoms with Gasteiger partial charge in [-0.15, -0.1) is 11.3 Å². The fourth-order valence-corrected chi connectivity index (χ4v) is 4.46. The molecule has 0 spiro atoms. The van der Waals surface area contributed by atoms with E-state index >= 15 is 0 Å². The SMILES string of the molecule is CS.N=C(CC(NC(=O)c1ccc(CCc2ccccn2)s1)c1ccccc1O)c1cccnc1. The molecule has 0 aliphatic heterocycles. The summed E-state index contributed by atoms with van der Waals surface area (Å²) in [4.78, 5) is 23.2. The zero-order valence-corrected chi connectivity index (χ0v) is 21.1. The Morgan fingerprint density at radius 2 is 1.83 bits per heavy atom. The van der Waals surface area contributed by atoms with Crippen molar-refractivity contribution in [2.45, 2.75) is 25.3 Å². The molecule has 3 heterocycles. The highest BCUT2D eigenvalue weighted by Crippen LogP contribution is 2.28. The van der Waals surface area contributed by atoms with Crippen LogP contribution in [0.4, 0.5) is 0 Å². The molecule has 180 valence electrons. The van der Waals surface area contributed by atoms with Gasteiger partial charge in [0.2, 0.25) is 0 Å². The third-order valence-electron chi connectivity index (χ3n) is 5.27. The van der Waals surface area contributed by atoms with Gasteiger partial charge in [-0.3, -0.25) is 14.8 Å². The number of nitrogens with zero attached hydrogens (tertiary/aromatic N) is 2. The Bertz CT molecular complexity index is 1230. The number of phenols is 1. The van der Waals surface area contributed by atoms with E-state index < -0.39 is 6.04 Å². The normalized spacial score (nSPS) is 11.1. The van der Waals surface area contributed by atoms with Crippen LogP contribution in [0.25, 0.3) is 0 Å². The Balaban J connectivity index is 0.00000167. The van der Waals surface area contributed by atoms with Crippen LogP contribution in [-0.2, 0) is 12.8 Å². The third-order valence-corrected chi connectivity index (χ3v) is 6.42. The number of para-hydroxylation sites is 1. The maximum Gasteiger partial charge on any atom is 0.261 e. The number of carbonyl (C=O) groups excluding carboxylic acids is 1. The van der Waals surface area contributed by atoms with Crippen molar-refractivity contribution in [3.63, 3.8) is 0 Å². The molecule has 3 N–H and O–H groups in total. The first-order valence-corrected chi connectivity index (χ1v) is 12.8. The number of phenolic OH excluding ortho intramolecular Hbond substituents is 1. The van der Waals surface area contributed by atoms with Gasteiger partial charge in [0.05, 0.1) is 10.9 Å². The molecule has 3 aromatic heterocycles. The van der Waals surface area contributed by atoms with Crippen molar-refractivity contribution in [3.8, 4) is 5.75 Å². The molecule has 0 aliphatic rings. The van der Waals surface area contributed by atoms with Gasteiger partial charge in [-0.05, 0) is 55.5 Å². The summed E-state index contributed by atoms with van der Waals surface area (Å²) in [5, 5.41) is 21.9. The molecule has 1 amide bonds. The molecule has 0 aliphatic carbocycles. The lowest BCUT2D eigenvalue weighted by Crippen LogP contribution is -2.29. The zero-order chi connectivity index (χ0) is 25.0. The standard InChI is InChI=1S/C26H24N4O2S.CH4S/c27-22(18-6-5-14-28-17-18)16-23(21-8-1-2-9-24(21)31)30-26(32)25-13-12-20(33-25)11-10-19-7-3-4-15-29-19;1-2/h1-9,12-15,17,23,27,31H,10-11,16H2,(H,30,32);2H,1H3. The molecule has 8 heteroatoms. The highest BCUT2D eigenvalue weighted by atomic mass is 32.1. The van der Waals surface area contributed by atoms with Gasteiger partial charge in [0.1, 0.15) is 5.75 Å². The first kappa shape index (κ1) is 26.1. The summed E-state index contributed by atoms with van der Waals surface area (Å²) in [6.45, 7) is 0. The minimum Gasteiger partial charge on any atom is -0.508 e. The van der Waals surface area contributed by atoms with Crippen molar-refractivity contribution in [2.24, 2.45) is 0 Å². The lowest BCUT2D eigenvalue weighted by atomic mass is 9.97. The Morgan fingerprint density at radius 3 is 2.54 bits per heavy atom. The number of amides is 1. The number of rotatable bonds is 9. The Labute approximate surface area is 215 Å². The van der Waals surface area contributed by atoms with Crippen molar-refractivity contribution >= 4 is 35.6 Å². The summed E-state index contributed by atoms with van der Waals surface area (Å²) in [6.07, 6.45) is 8.60. The Hall–Kier alpha value is -3.49. The van der Waals surface area contributed by atoms with Gasteiger partial charge in [-0.25, -0.2) is 0 Å². The molecule has 0 fully saturated rings. The van der Waals surface area contributed by atoms with E-state index in [-0.39, 0.29) is 18.1 Å². The van der Waals surface area contributed by atoms with Crippen molar-refractivity contribution < 1.29 is 9.90 Å². The van der Waals surface area contributed by atoms with Gasteiger partial charge in [-0.2, -0.15) is 12.6 Å². The van der Waals surface area contributed by atoms with E-state index in [1.165, 1.54) is 11.3 Å². The molecular formula is C27H28N4O2S2. The summed E-state index contributed by atoms with van der Waals surface area (Å²) in [5.74, 6) is -0.139. The average molecular weight is 505 g/mol. The fourth-order valence-electron chi connectivity index (χ4n) is 3.55. The number of carbonyl (C=O) groups is 1. The van der Waals surface area contributed by atoms with Crippen LogP contribution in [-0.4, -0.2) is 32.9 Å². The van der Waals surface area contributed by atoms with E-state index in [4.69, 9.17) is 5.41 Å². The fraction of sp³-hybridized carbons (Fsp3) is 0.185. The number of thiol groups is 1.